The average molecular weight is 579 g/mol. The number of carboxylic acids is 1. The number of nitrogens with zero attached hydrogens (tertiary/aromatic N) is 1. The molecule has 1 amide bonds. The second kappa shape index (κ2) is 9.74. The van der Waals surface area contributed by atoms with Gasteiger partial charge in [0.15, 0.2) is 6.54 Å². The first-order valence-electron chi connectivity index (χ1n) is 12.5. The maximum absolute atomic E-state index is 13.4. The largest absolute Gasteiger partial charge is 0.573 e. The predicted octanol–water partition coefficient (Wildman–Crippen LogP) is 7.34. The second-order valence-electron chi connectivity index (χ2n) is 11.7. The van der Waals surface area contributed by atoms with Crippen molar-refractivity contribution in [1.82, 2.24) is 0 Å². The molecule has 0 saturated carbocycles. The van der Waals surface area contributed by atoms with E-state index >= 15 is 0 Å². The highest BCUT2D eigenvalue weighted by molar-refractivity contribution is 8.26. The number of aliphatic carboxylic acids is 1. The summed E-state index contributed by atoms with van der Waals surface area (Å²) < 4.78 is 44.3. The molecule has 10 heteroatoms. The molecule has 1 heterocycles. The van der Waals surface area contributed by atoms with Crippen molar-refractivity contribution in [2.75, 3.05) is 13.6 Å². The maximum atomic E-state index is 13.4. The number of fused-ring (bicyclic) bond motifs is 1. The van der Waals surface area contributed by atoms with Crippen molar-refractivity contribution in [3.05, 3.63) is 57.5 Å². The van der Waals surface area contributed by atoms with E-state index in [1.165, 1.54) is 30.8 Å². The summed E-state index contributed by atoms with van der Waals surface area (Å²) in [5.41, 5.74) is 4.21. The van der Waals surface area contributed by atoms with Crippen LogP contribution in [0.15, 0.2) is 35.2 Å². The highest BCUT2D eigenvalue weighted by Gasteiger charge is 2.49. The molecule has 1 fully saturated rings. The number of alkyl halides is 3. The molecular weight excluding hydrogens is 547 g/mol. The molecule has 1 atom stereocenters. The Morgan fingerprint density at radius 2 is 1.69 bits per heavy atom. The number of thioether (sulfide) groups is 1. The predicted molar refractivity (Wildman–Crippen MR) is 150 cm³/mol. The Balaban J connectivity index is 1.87. The molecule has 1 saturated heterocycles. The van der Waals surface area contributed by atoms with E-state index in [0.29, 0.717) is 11.1 Å². The molecule has 1 N–H and O–H groups in total. The first-order chi connectivity index (χ1) is 17.8. The number of ether oxygens (including phenoxy) is 1. The number of rotatable bonds is 5. The van der Waals surface area contributed by atoms with E-state index in [9.17, 15) is 27.9 Å². The number of carbonyl (C=O) groups is 2. The molecule has 0 spiro atoms. The third-order valence-electron chi connectivity index (χ3n) is 7.73. The van der Waals surface area contributed by atoms with Crippen LogP contribution < -0.4 is 4.74 Å². The molecule has 0 bridgehead atoms. The first-order valence-corrected chi connectivity index (χ1v) is 13.7. The summed E-state index contributed by atoms with van der Waals surface area (Å²) in [5.74, 6) is -1.98. The summed E-state index contributed by atoms with van der Waals surface area (Å²) in [5, 5.41) is 9.25. The van der Waals surface area contributed by atoms with Crippen LogP contribution in [-0.4, -0.2) is 45.7 Å². The lowest BCUT2D eigenvalue weighted by Crippen LogP contribution is -2.50. The number of carboxylic acid groups (broad SMARTS) is 1. The fourth-order valence-electron chi connectivity index (χ4n) is 5.29. The number of thiocarbonyl (C=S) groups is 1. The SMILES string of the molecule is Cc1cc2c(cc1-c1cc(C=C3SC(=S)[N+](C)(CC(=O)O)C3=O)ccc1OC(F)(F)F)C(C)(C)CCC2(C)C. The average Bonchev–Trinajstić information content (AvgIpc) is 2.99. The third-order valence-corrected chi connectivity index (χ3v) is 9.47. The summed E-state index contributed by atoms with van der Waals surface area (Å²) in [6.07, 6.45) is -1.41. The number of amides is 1. The molecular formula is C29H31F3NO4S2+. The minimum absolute atomic E-state index is 0.0644. The van der Waals surface area contributed by atoms with Crippen LogP contribution in [0.25, 0.3) is 17.2 Å². The van der Waals surface area contributed by atoms with Crippen LogP contribution in [0.4, 0.5) is 13.2 Å². The Bertz CT molecular complexity index is 1430. The monoisotopic (exact) mass is 578 g/mol. The summed E-state index contributed by atoms with van der Waals surface area (Å²) >= 11 is 6.30. The zero-order valence-corrected chi connectivity index (χ0v) is 24.3. The third kappa shape index (κ3) is 5.64. The Morgan fingerprint density at radius 3 is 2.26 bits per heavy atom. The molecule has 5 nitrogen and oxygen atoms in total. The second-order valence-corrected chi connectivity index (χ2v) is 13.4. The van der Waals surface area contributed by atoms with Gasteiger partial charge in [0.25, 0.3) is 0 Å². The van der Waals surface area contributed by atoms with Gasteiger partial charge in [-0.3, -0.25) is 0 Å². The van der Waals surface area contributed by atoms with Crippen molar-refractivity contribution in [2.45, 2.75) is 64.7 Å². The Hall–Kier alpha value is -2.69. The number of hydrogen-bond donors (Lipinski definition) is 1. The molecule has 0 radical (unpaired) electrons. The molecule has 4 rings (SSSR count). The number of halogens is 3. The maximum Gasteiger partial charge on any atom is 0.573 e. The molecule has 39 heavy (non-hydrogen) atoms. The number of benzene rings is 2. The highest BCUT2D eigenvalue weighted by atomic mass is 32.2. The van der Waals surface area contributed by atoms with E-state index in [1.54, 1.807) is 6.07 Å². The van der Waals surface area contributed by atoms with Crippen molar-refractivity contribution >= 4 is 46.3 Å². The van der Waals surface area contributed by atoms with E-state index in [2.05, 4.69) is 38.5 Å². The van der Waals surface area contributed by atoms with Crippen molar-refractivity contribution in [1.29, 1.82) is 0 Å². The van der Waals surface area contributed by atoms with Crippen LogP contribution in [0.2, 0.25) is 0 Å². The molecule has 2 aliphatic rings. The molecule has 2 aromatic carbocycles. The standard InChI is InChI=1S/C29H30F3NO4S2/c1-16-11-20-21(28(4,5)10-9-27(20,2)3)14-18(16)19-12-17(7-8-22(19)37-29(30,31)32)13-23-25(36)33(6,15-24(34)35)26(38)39-23/h7-8,11-14H,9-10,15H2,1-6H3/p+1. The molecule has 2 aromatic rings. The lowest BCUT2D eigenvalue weighted by atomic mass is 9.62. The van der Waals surface area contributed by atoms with Crippen molar-refractivity contribution in [3.8, 4) is 16.9 Å². The van der Waals surface area contributed by atoms with Crippen molar-refractivity contribution in [2.24, 2.45) is 0 Å². The number of aryl methyl sites for hydroxylation is 1. The van der Waals surface area contributed by atoms with Crippen LogP contribution in [0.5, 0.6) is 5.75 Å². The summed E-state index contributed by atoms with van der Waals surface area (Å²) in [7, 11) is 1.44. The van der Waals surface area contributed by atoms with Gasteiger partial charge in [0, 0.05) is 5.56 Å². The van der Waals surface area contributed by atoms with Gasteiger partial charge in [0.1, 0.15) is 10.7 Å². The van der Waals surface area contributed by atoms with Crippen LogP contribution in [-0.2, 0) is 20.4 Å². The van der Waals surface area contributed by atoms with Crippen LogP contribution >= 0.6 is 24.0 Å². The molecule has 1 aliphatic carbocycles. The quantitative estimate of drug-likeness (QED) is 0.228. The number of likely N-dealkylation sites (N-methyl/N-ethyl adjacent to an activating group) is 1. The van der Waals surface area contributed by atoms with Crippen LogP contribution in [0.1, 0.15) is 62.8 Å². The normalized spacial score (nSPS) is 23.2. The van der Waals surface area contributed by atoms with E-state index in [1.807, 2.05) is 13.0 Å². The van der Waals surface area contributed by atoms with Gasteiger partial charge < -0.3 is 9.84 Å². The van der Waals surface area contributed by atoms with E-state index < -0.39 is 29.3 Å². The summed E-state index contributed by atoms with van der Waals surface area (Å²) in [6.45, 7) is 10.0. The fourth-order valence-corrected chi connectivity index (χ4v) is 6.73. The number of hydrogen-bond acceptors (Lipinski definition) is 5. The lowest BCUT2D eigenvalue weighted by molar-refractivity contribution is -0.722. The zero-order chi connectivity index (χ0) is 29.1. The molecule has 1 unspecified atom stereocenters. The smallest absolute Gasteiger partial charge is 0.477 e. The Labute approximate surface area is 235 Å². The van der Waals surface area contributed by atoms with Gasteiger partial charge in [0.05, 0.1) is 7.05 Å². The van der Waals surface area contributed by atoms with Gasteiger partial charge in [-0.05, 0) is 107 Å². The van der Waals surface area contributed by atoms with Gasteiger partial charge in [0.2, 0.25) is 4.32 Å². The molecule has 1 aliphatic heterocycles. The topological polar surface area (TPSA) is 63.6 Å². The van der Waals surface area contributed by atoms with Crippen LogP contribution in [0, 0.1) is 6.92 Å². The van der Waals surface area contributed by atoms with Crippen molar-refractivity contribution < 1.29 is 37.1 Å². The lowest BCUT2D eigenvalue weighted by Gasteiger charge is -2.42. The van der Waals surface area contributed by atoms with Gasteiger partial charge in [-0.15, -0.1) is 13.2 Å². The molecule has 208 valence electrons. The van der Waals surface area contributed by atoms with Gasteiger partial charge >= 0.3 is 18.2 Å². The van der Waals surface area contributed by atoms with Crippen LogP contribution in [0.3, 0.4) is 0 Å². The van der Waals surface area contributed by atoms with Crippen molar-refractivity contribution in [3.63, 3.8) is 0 Å². The van der Waals surface area contributed by atoms with E-state index in [0.717, 1.165) is 35.7 Å². The highest BCUT2D eigenvalue weighted by Crippen LogP contribution is 2.49. The zero-order valence-electron chi connectivity index (χ0n) is 22.7. The minimum atomic E-state index is -4.89. The molecule has 0 aromatic heterocycles. The van der Waals surface area contributed by atoms with Gasteiger partial charge in [-0.25, -0.2) is 14.1 Å². The summed E-state index contributed by atoms with van der Waals surface area (Å²) in [4.78, 5) is 24.6. The van der Waals surface area contributed by atoms with Gasteiger partial charge in [-0.2, -0.15) is 0 Å². The summed E-state index contributed by atoms with van der Waals surface area (Å²) in [6, 6.07) is 8.30. The van der Waals surface area contributed by atoms with E-state index in [-0.39, 0.29) is 31.4 Å². The Morgan fingerprint density at radius 1 is 1.10 bits per heavy atom. The number of carbonyl (C=O) groups excluding carboxylic acids is 1. The fraction of sp³-hybridized carbons (Fsp3) is 0.414. The first kappa shape index (κ1) is 29.3. The Kier molecular flexibility index (Phi) is 7.32. The van der Waals surface area contributed by atoms with E-state index in [4.69, 9.17) is 12.2 Å². The van der Waals surface area contributed by atoms with Gasteiger partial charge in [-0.1, -0.05) is 39.8 Å². The number of quaternary nitrogens is 1. The minimum Gasteiger partial charge on any atom is -0.477 e.